The summed E-state index contributed by atoms with van der Waals surface area (Å²) >= 11 is 12.7. The first kappa shape index (κ1) is 21.7. The van der Waals surface area contributed by atoms with Crippen LogP contribution >= 0.6 is 23.2 Å². The number of nitrogens with zero attached hydrogens (tertiary/aromatic N) is 1. The van der Waals surface area contributed by atoms with Crippen molar-refractivity contribution in [3.63, 3.8) is 0 Å². The lowest BCUT2D eigenvalue weighted by Crippen LogP contribution is -2.31. The monoisotopic (exact) mass is 417 g/mol. The van der Waals surface area contributed by atoms with E-state index in [-0.39, 0.29) is 10.8 Å². The summed E-state index contributed by atoms with van der Waals surface area (Å²) in [4.78, 5) is 2.49. The Morgan fingerprint density at radius 1 is 0.929 bits per heavy atom. The highest BCUT2D eigenvalue weighted by atomic mass is 35.5. The van der Waals surface area contributed by atoms with Gasteiger partial charge in [-0.25, -0.2) is 0 Å². The van der Waals surface area contributed by atoms with Gasteiger partial charge in [0.2, 0.25) is 0 Å². The van der Waals surface area contributed by atoms with Gasteiger partial charge in [0, 0.05) is 18.0 Å². The minimum Gasteiger partial charge on any atom is -0.299 e. The average Bonchev–Trinajstić information content (AvgIpc) is 2.72. The van der Waals surface area contributed by atoms with Crippen molar-refractivity contribution in [2.75, 3.05) is 7.05 Å². The lowest BCUT2D eigenvalue weighted by Gasteiger charge is -2.29. The topological polar surface area (TPSA) is 3.24 Å². The average molecular weight is 418 g/mol. The number of rotatable bonds is 8. The van der Waals surface area contributed by atoms with Crippen LogP contribution in [0, 0.1) is 0 Å². The molecule has 152 valence electrons. The van der Waals surface area contributed by atoms with Crippen LogP contribution < -0.4 is 0 Å². The summed E-state index contributed by atoms with van der Waals surface area (Å²) in [5.41, 5.74) is 4.24. The Balaban J connectivity index is 1.52. The largest absolute Gasteiger partial charge is 0.299 e. The molecule has 0 saturated heterocycles. The third-order valence-electron chi connectivity index (χ3n) is 6.28. The van der Waals surface area contributed by atoms with Crippen LogP contribution in [0.1, 0.15) is 61.6 Å². The molecule has 4 atom stereocenters. The van der Waals surface area contributed by atoms with Gasteiger partial charge in [0.1, 0.15) is 0 Å². The van der Waals surface area contributed by atoms with Gasteiger partial charge in [-0.1, -0.05) is 61.5 Å². The first-order valence-corrected chi connectivity index (χ1v) is 11.5. The highest BCUT2D eigenvalue weighted by Crippen LogP contribution is 2.37. The van der Waals surface area contributed by atoms with E-state index in [0.29, 0.717) is 12.0 Å². The van der Waals surface area contributed by atoms with Gasteiger partial charge in [0.05, 0.1) is 5.38 Å². The van der Waals surface area contributed by atoms with Crippen molar-refractivity contribution in [2.45, 2.75) is 74.7 Å². The van der Waals surface area contributed by atoms with Crippen molar-refractivity contribution in [1.82, 2.24) is 4.90 Å². The quantitative estimate of drug-likeness (QED) is 0.417. The van der Waals surface area contributed by atoms with Crippen LogP contribution in [0.3, 0.4) is 0 Å². The van der Waals surface area contributed by atoms with E-state index >= 15 is 0 Å². The third kappa shape index (κ3) is 5.99. The maximum absolute atomic E-state index is 6.39. The summed E-state index contributed by atoms with van der Waals surface area (Å²) in [6.07, 6.45) is 6.68. The Labute approximate surface area is 181 Å². The minimum atomic E-state index is 0.102. The SMILES string of the molecule is CCC(CCc1ccc(C2CCC(Cl)C(Cl)C2)cc1)N(C)Cc1ccccc1. The smallest absolute Gasteiger partial charge is 0.0505 e. The van der Waals surface area contributed by atoms with E-state index in [2.05, 4.69) is 73.5 Å². The van der Waals surface area contributed by atoms with Gasteiger partial charge in [0.25, 0.3) is 0 Å². The maximum atomic E-state index is 6.39. The fourth-order valence-corrected chi connectivity index (χ4v) is 4.98. The summed E-state index contributed by atoms with van der Waals surface area (Å²) in [7, 11) is 2.25. The number of hydrogen-bond donors (Lipinski definition) is 0. The molecule has 0 heterocycles. The van der Waals surface area contributed by atoms with E-state index in [4.69, 9.17) is 23.2 Å². The van der Waals surface area contributed by atoms with Crippen LogP contribution in [0.2, 0.25) is 0 Å². The molecule has 1 saturated carbocycles. The molecule has 0 N–H and O–H groups in total. The first-order chi connectivity index (χ1) is 13.6. The minimum absolute atomic E-state index is 0.102. The predicted molar refractivity (Wildman–Crippen MR) is 123 cm³/mol. The molecule has 0 bridgehead atoms. The Morgan fingerprint density at radius 2 is 1.64 bits per heavy atom. The predicted octanol–water partition coefficient (Wildman–Crippen LogP) is 7.01. The Bertz CT molecular complexity index is 700. The number of alkyl halides is 2. The molecule has 1 aliphatic carbocycles. The molecular formula is C25H33Cl2N. The van der Waals surface area contributed by atoms with E-state index in [1.807, 2.05) is 0 Å². The van der Waals surface area contributed by atoms with Crippen LogP contribution in [0.25, 0.3) is 0 Å². The molecule has 0 aliphatic heterocycles. The standard InChI is InChI=1S/C25H33Cl2N/c1-3-23(28(2)18-20-7-5-4-6-8-20)15-11-19-9-12-21(13-10-19)22-14-16-24(26)25(27)17-22/h4-10,12-13,22-25H,3,11,14-18H2,1-2H3. The van der Waals surface area contributed by atoms with Gasteiger partial charge in [0.15, 0.2) is 0 Å². The fraction of sp³-hybridized carbons (Fsp3) is 0.520. The lowest BCUT2D eigenvalue weighted by atomic mass is 9.83. The molecule has 1 nitrogen and oxygen atoms in total. The summed E-state index contributed by atoms with van der Waals surface area (Å²) in [5, 5.41) is 0.238. The lowest BCUT2D eigenvalue weighted by molar-refractivity contribution is 0.216. The van der Waals surface area contributed by atoms with E-state index in [9.17, 15) is 0 Å². The number of benzene rings is 2. The molecule has 1 fully saturated rings. The summed E-state index contributed by atoms with van der Waals surface area (Å²) in [5.74, 6) is 0.562. The summed E-state index contributed by atoms with van der Waals surface area (Å²) in [6.45, 7) is 3.31. The summed E-state index contributed by atoms with van der Waals surface area (Å²) < 4.78 is 0. The second-order valence-electron chi connectivity index (χ2n) is 8.29. The van der Waals surface area contributed by atoms with Gasteiger partial charge in [-0.2, -0.15) is 0 Å². The normalized spacial score (nSPS) is 23.7. The van der Waals surface area contributed by atoms with Crippen LogP contribution in [-0.2, 0) is 13.0 Å². The van der Waals surface area contributed by atoms with Gasteiger partial charge < -0.3 is 0 Å². The van der Waals surface area contributed by atoms with Crippen molar-refractivity contribution < 1.29 is 0 Å². The molecule has 0 aromatic heterocycles. The Morgan fingerprint density at radius 3 is 2.29 bits per heavy atom. The molecule has 0 spiro atoms. The van der Waals surface area contributed by atoms with Gasteiger partial charge in [-0.3, -0.25) is 4.90 Å². The third-order valence-corrected chi connectivity index (χ3v) is 7.41. The molecule has 3 heteroatoms. The zero-order valence-corrected chi connectivity index (χ0v) is 18.7. The molecule has 2 aromatic carbocycles. The van der Waals surface area contributed by atoms with E-state index in [1.165, 1.54) is 29.5 Å². The van der Waals surface area contributed by atoms with Gasteiger partial charge in [-0.15, -0.1) is 23.2 Å². The molecule has 1 aliphatic rings. The highest BCUT2D eigenvalue weighted by Gasteiger charge is 2.28. The zero-order chi connectivity index (χ0) is 19.9. The molecular weight excluding hydrogens is 385 g/mol. The second kappa shape index (κ2) is 10.7. The van der Waals surface area contributed by atoms with Crippen LogP contribution in [-0.4, -0.2) is 28.7 Å². The molecule has 28 heavy (non-hydrogen) atoms. The van der Waals surface area contributed by atoms with Crippen molar-refractivity contribution in [2.24, 2.45) is 0 Å². The van der Waals surface area contributed by atoms with Crippen LogP contribution in [0.4, 0.5) is 0 Å². The number of halogens is 2. The Hall–Kier alpha value is -1.02. The molecule has 2 aromatic rings. The fourth-order valence-electron chi connectivity index (χ4n) is 4.41. The molecule has 4 unspecified atom stereocenters. The van der Waals surface area contributed by atoms with Crippen molar-refractivity contribution in [3.8, 4) is 0 Å². The highest BCUT2D eigenvalue weighted by molar-refractivity contribution is 6.30. The molecule has 0 amide bonds. The van der Waals surface area contributed by atoms with Crippen molar-refractivity contribution in [3.05, 3.63) is 71.3 Å². The van der Waals surface area contributed by atoms with E-state index in [1.54, 1.807) is 0 Å². The van der Waals surface area contributed by atoms with Crippen molar-refractivity contribution >= 4 is 23.2 Å². The van der Waals surface area contributed by atoms with Gasteiger partial charge >= 0.3 is 0 Å². The number of hydrogen-bond acceptors (Lipinski definition) is 1. The molecule has 0 radical (unpaired) electrons. The van der Waals surface area contributed by atoms with E-state index < -0.39 is 0 Å². The van der Waals surface area contributed by atoms with E-state index in [0.717, 1.165) is 32.2 Å². The molecule has 3 rings (SSSR count). The van der Waals surface area contributed by atoms with Gasteiger partial charge in [-0.05, 0) is 68.2 Å². The second-order valence-corrected chi connectivity index (χ2v) is 9.41. The van der Waals surface area contributed by atoms with Crippen LogP contribution in [0.5, 0.6) is 0 Å². The Kier molecular flexibility index (Phi) is 8.26. The first-order valence-electron chi connectivity index (χ1n) is 10.7. The summed E-state index contributed by atoms with van der Waals surface area (Å²) in [6, 6.07) is 20.6. The van der Waals surface area contributed by atoms with Crippen LogP contribution in [0.15, 0.2) is 54.6 Å². The maximum Gasteiger partial charge on any atom is 0.0505 e. The van der Waals surface area contributed by atoms with Crippen molar-refractivity contribution in [1.29, 1.82) is 0 Å². The zero-order valence-electron chi connectivity index (χ0n) is 17.2. The number of aryl methyl sites for hydroxylation is 1.